The molecule has 1 aromatic carbocycles. The fourth-order valence-corrected chi connectivity index (χ4v) is 6.99. The standard InChI is InChI=1S/C17H20ClN3O5S3/c18-15-6-7-17(27-15)29(25,26)21-12-10-20(11-13-21)16(22)8-9-19-28(23,24)14-4-2-1-3-5-14/h1-7,19H,8-13H2. The number of hydrogen-bond donors (Lipinski definition) is 1. The molecule has 0 unspecified atom stereocenters. The number of carbonyl (C=O) groups excluding carboxylic acids is 1. The fourth-order valence-electron chi connectivity index (χ4n) is 2.87. The molecule has 0 saturated carbocycles. The summed E-state index contributed by atoms with van der Waals surface area (Å²) in [5, 5.41) is 0. The van der Waals surface area contributed by atoms with Crippen LogP contribution in [0, 0.1) is 0 Å². The summed E-state index contributed by atoms with van der Waals surface area (Å²) in [5.41, 5.74) is 0. The van der Waals surface area contributed by atoms with Crippen molar-refractivity contribution in [2.24, 2.45) is 0 Å². The molecule has 1 saturated heterocycles. The van der Waals surface area contributed by atoms with Gasteiger partial charge in [0.05, 0.1) is 9.23 Å². The molecule has 1 aliphatic heterocycles. The highest BCUT2D eigenvalue weighted by molar-refractivity contribution is 7.91. The molecule has 2 aromatic rings. The quantitative estimate of drug-likeness (QED) is 0.652. The molecule has 0 radical (unpaired) electrons. The molecule has 0 aliphatic carbocycles. The molecule has 1 aromatic heterocycles. The van der Waals surface area contributed by atoms with E-state index in [1.54, 1.807) is 23.1 Å². The maximum absolute atomic E-state index is 12.6. The summed E-state index contributed by atoms with van der Waals surface area (Å²) >= 11 is 6.82. The van der Waals surface area contributed by atoms with E-state index in [1.807, 2.05) is 0 Å². The first kappa shape index (κ1) is 22.2. The predicted molar refractivity (Wildman–Crippen MR) is 111 cm³/mol. The Kier molecular flexibility index (Phi) is 6.97. The Labute approximate surface area is 179 Å². The van der Waals surface area contributed by atoms with Crippen LogP contribution in [-0.4, -0.2) is 64.7 Å². The van der Waals surface area contributed by atoms with E-state index in [0.717, 1.165) is 11.3 Å². The van der Waals surface area contributed by atoms with Crippen LogP contribution in [0.15, 0.2) is 51.6 Å². The number of sulfonamides is 2. The first-order valence-corrected chi connectivity index (χ1v) is 12.9. The van der Waals surface area contributed by atoms with Gasteiger partial charge in [-0.3, -0.25) is 4.79 Å². The summed E-state index contributed by atoms with van der Waals surface area (Å²) in [6.45, 7) is 0.839. The zero-order chi connectivity index (χ0) is 21.1. The SMILES string of the molecule is O=C(CCNS(=O)(=O)c1ccccc1)N1CCN(S(=O)(=O)c2ccc(Cl)s2)CC1. The second-order valence-corrected chi connectivity index (χ2v) is 12.0. The lowest BCUT2D eigenvalue weighted by atomic mass is 10.3. The number of piperazine rings is 1. The second kappa shape index (κ2) is 9.11. The Bertz CT molecular complexity index is 1060. The molecule has 0 spiro atoms. The number of hydrogen-bond acceptors (Lipinski definition) is 6. The highest BCUT2D eigenvalue weighted by Crippen LogP contribution is 2.28. The molecule has 0 bridgehead atoms. The van der Waals surface area contributed by atoms with Gasteiger partial charge >= 0.3 is 0 Å². The number of thiophene rings is 1. The highest BCUT2D eigenvalue weighted by Gasteiger charge is 2.31. The van der Waals surface area contributed by atoms with Gasteiger partial charge in [0.25, 0.3) is 10.0 Å². The number of amides is 1. The van der Waals surface area contributed by atoms with Gasteiger partial charge in [-0.2, -0.15) is 4.31 Å². The molecule has 29 heavy (non-hydrogen) atoms. The number of halogens is 1. The molecular weight excluding hydrogens is 458 g/mol. The first-order valence-electron chi connectivity index (χ1n) is 8.78. The lowest BCUT2D eigenvalue weighted by Gasteiger charge is -2.33. The third kappa shape index (κ3) is 5.36. The molecule has 3 rings (SSSR count). The van der Waals surface area contributed by atoms with Crippen molar-refractivity contribution in [2.45, 2.75) is 15.5 Å². The van der Waals surface area contributed by atoms with Crippen LogP contribution in [0.25, 0.3) is 0 Å². The summed E-state index contributed by atoms with van der Waals surface area (Å²) < 4.78 is 53.8. The molecule has 158 valence electrons. The van der Waals surface area contributed by atoms with Crippen molar-refractivity contribution < 1.29 is 21.6 Å². The van der Waals surface area contributed by atoms with E-state index in [1.165, 1.54) is 28.6 Å². The topological polar surface area (TPSA) is 104 Å². The minimum absolute atomic E-state index is 0.000649. The van der Waals surface area contributed by atoms with E-state index in [0.29, 0.717) is 4.34 Å². The van der Waals surface area contributed by atoms with Gasteiger partial charge in [0.2, 0.25) is 15.9 Å². The Morgan fingerprint density at radius 1 is 1.00 bits per heavy atom. The average molecular weight is 478 g/mol. The number of nitrogens with one attached hydrogen (secondary N) is 1. The van der Waals surface area contributed by atoms with Gasteiger partial charge in [-0.1, -0.05) is 29.8 Å². The number of carbonyl (C=O) groups is 1. The Hall–Kier alpha value is -1.50. The van der Waals surface area contributed by atoms with Gasteiger partial charge in [0.1, 0.15) is 4.21 Å². The van der Waals surface area contributed by atoms with Crippen molar-refractivity contribution in [3.05, 3.63) is 46.8 Å². The third-order valence-corrected chi connectivity index (χ3v) is 9.49. The molecular formula is C17H20ClN3O5S3. The molecule has 1 amide bonds. The maximum Gasteiger partial charge on any atom is 0.252 e. The third-order valence-electron chi connectivity index (χ3n) is 4.42. The second-order valence-electron chi connectivity index (χ2n) is 6.30. The monoisotopic (exact) mass is 477 g/mol. The van der Waals surface area contributed by atoms with Crippen molar-refractivity contribution in [3.8, 4) is 0 Å². The number of nitrogens with zero attached hydrogens (tertiary/aromatic N) is 2. The molecule has 1 N–H and O–H groups in total. The average Bonchev–Trinajstić information content (AvgIpc) is 3.16. The Balaban J connectivity index is 1.49. The molecule has 0 atom stereocenters. The molecule has 1 aliphatic rings. The molecule has 2 heterocycles. The van der Waals surface area contributed by atoms with Crippen molar-refractivity contribution in [2.75, 3.05) is 32.7 Å². The Morgan fingerprint density at radius 3 is 2.24 bits per heavy atom. The highest BCUT2D eigenvalue weighted by atomic mass is 35.5. The van der Waals surface area contributed by atoms with Crippen LogP contribution in [0.5, 0.6) is 0 Å². The smallest absolute Gasteiger partial charge is 0.252 e. The van der Waals surface area contributed by atoms with Crippen LogP contribution in [0.2, 0.25) is 4.34 Å². The van der Waals surface area contributed by atoms with Crippen LogP contribution >= 0.6 is 22.9 Å². The first-order chi connectivity index (χ1) is 13.7. The van der Waals surface area contributed by atoms with Gasteiger partial charge in [-0.15, -0.1) is 11.3 Å². The van der Waals surface area contributed by atoms with Crippen LogP contribution < -0.4 is 4.72 Å². The van der Waals surface area contributed by atoms with Crippen LogP contribution in [0.4, 0.5) is 0 Å². The van der Waals surface area contributed by atoms with Gasteiger partial charge in [0.15, 0.2) is 0 Å². The van der Waals surface area contributed by atoms with E-state index in [4.69, 9.17) is 11.6 Å². The van der Waals surface area contributed by atoms with Gasteiger partial charge in [-0.25, -0.2) is 21.6 Å². The van der Waals surface area contributed by atoms with Crippen LogP contribution in [0.3, 0.4) is 0 Å². The predicted octanol–water partition coefficient (Wildman–Crippen LogP) is 1.60. The van der Waals surface area contributed by atoms with E-state index in [9.17, 15) is 21.6 Å². The van der Waals surface area contributed by atoms with Gasteiger partial charge in [-0.05, 0) is 24.3 Å². The summed E-state index contributed by atoms with van der Waals surface area (Å²) in [7, 11) is -7.28. The summed E-state index contributed by atoms with van der Waals surface area (Å²) in [4.78, 5) is 14.0. The summed E-state index contributed by atoms with van der Waals surface area (Å²) in [6.07, 6.45) is -0.000649. The maximum atomic E-state index is 12.6. The van der Waals surface area contributed by atoms with E-state index < -0.39 is 20.0 Å². The Morgan fingerprint density at radius 2 is 1.66 bits per heavy atom. The zero-order valence-electron chi connectivity index (χ0n) is 15.3. The lowest BCUT2D eigenvalue weighted by molar-refractivity contribution is -0.132. The lowest BCUT2D eigenvalue weighted by Crippen LogP contribution is -2.50. The minimum atomic E-state index is -3.66. The van der Waals surface area contributed by atoms with Gasteiger partial charge in [0, 0.05) is 39.1 Å². The number of rotatable bonds is 7. The fraction of sp³-hybridized carbons (Fsp3) is 0.353. The molecule has 8 nitrogen and oxygen atoms in total. The van der Waals surface area contributed by atoms with Gasteiger partial charge < -0.3 is 4.90 Å². The van der Waals surface area contributed by atoms with Crippen molar-refractivity contribution in [1.29, 1.82) is 0 Å². The van der Waals surface area contributed by atoms with Crippen molar-refractivity contribution in [1.82, 2.24) is 13.9 Å². The van der Waals surface area contributed by atoms with Crippen molar-refractivity contribution in [3.63, 3.8) is 0 Å². The largest absolute Gasteiger partial charge is 0.340 e. The van der Waals surface area contributed by atoms with Crippen LogP contribution in [0.1, 0.15) is 6.42 Å². The van der Waals surface area contributed by atoms with E-state index in [2.05, 4.69) is 4.72 Å². The van der Waals surface area contributed by atoms with E-state index >= 15 is 0 Å². The normalized spacial score (nSPS) is 16.1. The van der Waals surface area contributed by atoms with Crippen molar-refractivity contribution >= 4 is 48.9 Å². The molecule has 1 fully saturated rings. The molecule has 12 heteroatoms. The zero-order valence-corrected chi connectivity index (χ0v) is 18.5. The van der Waals surface area contributed by atoms with Crippen LogP contribution in [-0.2, 0) is 24.8 Å². The number of benzene rings is 1. The summed E-state index contributed by atoms with van der Waals surface area (Å²) in [6, 6.07) is 10.9. The van der Waals surface area contributed by atoms with E-state index in [-0.39, 0.29) is 54.2 Å². The summed E-state index contributed by atoms with van der Waals surface area (Å²) in [5.74, 6) is -0.225. The minimum Gasteiger partial charge on any atom is -0.340 e.